The molecule has 20 heavy (non-hydrogen) atoms. The van der Waals surface area contributed by atoms with Crippen LogP contribution in [0.2, 0.25) is 5.02 Å². The number of anilines is 1. The van der Waals surface area contributed by atoms with Crippen molar-refractivity contribution in [2.24, 2.45) is 0 Å². The SMILES string of the molecule is Nc1nn(-c2ccc(Cl)cc2[N+](=O)[O-])c2c1CCCC2. The van der Waals surface area contributed by atoms with Crippen molar-refractivity contribution in [2.75, 3.05) is 5.73 Å². The number of nitrogens with two attached hydrogens (primary N) is 1. The third-order valence-corrected chi connectivity index (χ3v) is 3.81. The van der Waals surface area contributed by atoms with Crippen LogP contribution in [0.25, 0.3) is 5.69 Å². The third-order valence-electron chi connectivity index (χ3n) is 3.57. The molecule has 0 unspecified atom stereocenters. The van der Waals surface area contributed by atoms with Crippen LogP contribution in [-0.2, 0) is 12.8 Å². The fourth-order valence-corrected chi connectivity index (χ4v) is 2.82. The van der Waals surface area contributed by atoms with Crippen LogP contribution in [0.5, 0.6) is 0 Å². The van der Waals surface area contributed by atoms with Crippen LogP contribution in [0.4, 0.5) is 11.5 Å². The number of nitrogen functional groups attached to an aromatic ring is 1. The van der Waals surface area contributed by atoms with Crippen molar-refractivity contribution < 1.29 is 4.92 Å². The molecular weight excluding hydrogens is 280 g/mol. The minimum atomic E-state index is -0.450. The molecule has 2 aromatic rings. The molecule has 0 saturated heterocycles. The van der Waals surface area contributed by atoms with E-state index in [-0.39, 0.29) is 5.69 Å². The van der Waals surface area contributed by atoms with Gasteiger partial charge in [0, 0.05) is 22.3 Å². The molecule has 3 rings (SSSR count). The first-order valence-electron chi connectivity index (χ1n) is 6.38. The van der Waals surface area contributed by atoms with Crippen LogP contribution < -0.4 is 5.73 Å². The van der Waals surface area contributed by atoms with E-state index in [0.717, 1.165) is 36.9 Å². The summed E-state index contributed by atoms with van der Waals surface area (Å²) in [6.07, 6.45) is 3.83. The predicted molar refractivity (Wildman–Crippen MR) is 76.3 cm³/mol. The zero-order chi connectivity index (χ0) is 14.3. The highest BCUT2D eigenvalue weighted by molar-refractivity contribution is 6.30. The second-order valence-corrected chi connectivity index (χ2v) is 5.26. The molecule has 1 aromatic carbocycles. The molecular formula is C13H13ClN4O2. The smallest absolute Gasteiger partial charge is 0.296 e. The van der Waals surface area contributed by atoms with Gasteiger partial charge in [0.2, 0.25) is 0 Å². The average Bonchev–Trinajstić information content (AvgIpc) is 2.77. The van der Waals surface area contributed by atoms with E-state index in [1.807, 2.05) is 0 Å². The molecule has 0 atom stereocenters. The van der Waals surface area contributed by atoms with Gasteiger partial charge in [-0.3, -0.25) is 10.1 Å². The Morgan fingerprint density at radius 1 is 1.35 bits per heavy atom. The minimum absolute atomic E-state index is 0.0617. The van der Waals surface area contributed by atoms with Crippen molar-refractivity contribution >= 4 is 23.1 Å². The van der Waals surface area contributed by atoms with Crippen LogP contribution in [0.3, 0.4) is 0 Å². The van der Waals surface area contributed by atoms with Crippen molar-refractivity contribution in [1.29, 1.82) is 0 Å². The lowest BCUT2D eigenvalue weighted by Crippen LogP contribution is -2.09. The van der Waals surface area contributed by atoms with Crippen LogP contribution in [0, 0.1) is 10.1 Å². The quantitative estimate of drug-likeness (QED) is 0.681. The fourth-order valence-electron chi connectivity index (χ4n) is 2.65. The van der Waals surface area contributed by atoms with E-state index in [4.69, 9.17) is 17.3 Å². The van der Waals surface area contributed by atoms with Crippen molar-refractivity contribution in [3.8, 4) is 5.69 Å². The van der Waals surface area contributed by atoms with Gasteiger partial charge >= 0.3 is 0 Å². The van der Waals surface area contributed by atoms with Gasteiger partial charge in [-0.1, -0.05) is 11.6 Å². The zero-order valence-electron chi connectivity index (χ0n) is 10.7. The van der Waals surface area contributed by atoms with E-state index in [0.29, 0.717) is 16.5 Å². The number of benzene rings is 1. The summed E-state index contributed by atoms with van der Waals surface area (Å²) < 4.78 is 1.60. The van der Waals surface area contributed by atoms with Crippen molar-refractivity contribution in [3.05, 3.63) is 44.6 Å². The summed E-state index contributed by atoms with van der Waals surface area (Å²) in [4.78, 5) is 10.7. The summed E-state index contributed by atoms with van der Waals surface area (Å²) in [6.45, 7) is 0. The lowest BCUT2D eigenvalue weighted by atomic mass is 9.97. The molecule has 0 saturated carbocycles. The number of hydrogen-bond acceptors (Lipinski definition) is 4. The maximum absolute atomic E-state index is 11.2. The molecule has 7 heteroatoms. The van der Waals surface area contributed by atoms with Crippen LogP contribution in [0.1, 0.15) is 24.1 Å². The maximum atomic E-state index is 11.2. The van der Waals surface area contributed by atoms with Gasteiger partial charge in [-0.05, 0) is 37.8 Å². The third kappa shape index (κ3) is 2.02. The first-order valence-corrected chi connectivity index (χ1v) is 6.76. The molecule has 1 aliphatic carbocycles. The van der Waals surface area contributed by atoms with E-state index in [1.165, 1.54) is 6.07 Å². The Balaban J connectivity index is 2.21. The molecule has 0 fully saturated rings. The monoisotopic (exact) mass is 292 g/mol. The molecule has 6 nitrogen and oxygen atoms in total. The van der Waals surface area contributed by atoms with Crippen LogP contribution in [-0.4, -0.2) is 14.7 Å². The molecule has 1 heterocycles. The van der Waals surface area contributed by atoms with Crippen LogP contribution in [0.15, 0.2) is 18.2 Å². The topological polar surface area (TPSA) is 87.0 Å². The summed E-state index contributed by atoms with van der Waals surface area (Å²) >= 11 is 5.84. The number of hydrogen-bond donors (Lipinski definition) is 1. The predicted octanol–water partition coefficient (Wildman–Crippen LogP) is 2.89. The first kappa shape index (κ1) is 12.9. The Kier molecular flexibility index (Phi) is 3.10. The highest BCUT2D eigenvalue weighted by Crippen LogP contribution is 2.32. The molecule has 0 bridgehead atoms. The molecule has 0 aliphatic heterocycles. The summed E-state index contributed by atoms with van der Waals surface area (Å²) in [7, 11) is 0. The van der Waals surface area contributed by atoms with Crippen LogP contribution >= 0.6 is 11.6 Å². The largest absolute Gasteiger partial charge is 0.382 e. The van der Waals surface area contributed by atoms with E-state index < -0.39 is 4.92 Å². The van der Waals surface area contributed by atoms with Crippen molar-refractivity contribution in [1.82, 2.24) is 9.78 Å². The Hall–Kier alpha value is -2.08. The molecule has 1 aromatic heterocycles. The van der Waals surface area contributed by atoms with Gasteiger partial charge in [-0.25, -0.2) is 4.68 Å². The van der Waals surface area contributed by atoms with Gasteiger partial charge in [0.25, 0.3) is 5.69 Å². The Morgan fingerprint density at radius 3 is 2.85 bits per heavy atom. The number of fused-ring (bicyclic) bond motifs is 1. The number of halogens is 1. The van der Waals surface area contributed by atoms with Gasteiger partial charge in [-0.2, -0.15) is 0 Å². The van der Waals surface area contributed by atoms with Gasteiger partial charge < -0.3 is 5.73 Å². The van der Waals surface area contributed by atoms with E-state index in [1.54, 1.807) is 16.8 Å². The second-order valence-electron chi connectivity index (χ2n) is 4.82. The number of nitro benzene ring substituents is 1. The number of rotatable bonds is 2. The lowest BCUT2D eigenvalue weighted by molar-refractivity contribution is -0.384. The van der Waals surface area contributed by atoms with Gasteiger partial charge in [0.1, 0.15) is 11.5 Å². The van der Waals surface area contributed by atoms with E-state index in [9.17, 15) is 10.1 Å². The number of nitrogens with zero attached hydrogens (tertiary/aromatic N) is 3. The molecule has 2 N–H and O–H groups in total. The first-order chi connectivity index (χ1) is 9.58. The normalized spacial score (nSPS) is 14.1. The zero-order valence-corrected chi connectivity index (χ0v) is 11.4. The van der Waals surface area contributed by atoms with Gasteiger partial charge in [0.05, 0.1) is 4.92 Å². The maximum Gasteiger partial charge on any atom is 0.296 e. The fraction of sp³-hybridized carbons (Fsp3) is 0.308. The second kappa shape index (κ2) is 4.79. The summed E-state index contributed by atoms with van der Waals surface area (Å²) in [5.41, 5.74) is 8.26. The van der Waals surface area contributed by atoms with Crippen molar-refractivity contribution in [2.45, 2.75) is 25.7 Å². The van der Waals surface area contributed by atoms with Crippen molar-refractivity contribution in [3.63, 3.8) is 0 Å². The Morgan fingerprint density at radius 2 is 2.10 bits per heavy atom. The molecule has 0 radical (unpaired) electrons. The van der Waals surface area contributed by atoms with E-state index in [2.05, 4.69) is 5.10 Å². The highest BCUT2D eigenvalue weighted by atomic mass is 35.5. The lowest BCUT2D eigenvalue weighted by Gasteiger charge is -2.13. The number of aromatic nitrogens is 2. The average molecular weight is 293 g/mol. The number of nitro groups is 1. The Labute approximate surface area is 120 Å². The molecule has 104 valence electrons. The van der Waals surface area contributed by atoms with Gasteiger partial charge in [0.15, 0.2) is 0 Å². The summed E-state index contributed by atoms with van der Waals surface area (Å²) in [5, 5.41) is 15.8. The molecule has 1 aliphatic rings. The molecule has 0 amide bonds. The minimum Gasteiger partial charge on any atom is -0.382 e. The Bertz CT molecular complexity index is 696. The summed E-state index contributed by atoms with van der Waals surface area (Å²) in [5.74, 6) is 0.462. The standard InChI is InChI=1S/C13H13ClN4O2/c14-8-5-6-11(12(7-8)18(19)20)17-10-4-2-1-3-9(10)13(15)16-17/h5-7H,1-4H2,(H2,15,16). The summed E-state index contributed by atoms with van der Waals surface area (Å²) in [6, 6.07) is 4.57. The molecule has 0 spiro atoms. The van der Waals surface area contributed by atoms with Gasteiger partial charge in [-0.15, -0.1) is 5.10 Å². The highest BCUT2D eigenvalue weighted by Gasteiger charge is 2.24. The van der Waals surface area contributed by atoms with E-state index >= 15 is 0 Å².